The second-order valence-corrected chi connectivity index (χ2v) is 8.87. The molecule has 3 aliphatic rings. The van der Waals surface area contributed by atoms with Crippen LogP contribution in [0.25, 0.3) is 0 Å². The molecule has 35 heavy (non-hydrogen) atoms. The number of fused-ring (bicyclic) bond motifs is 7. The molecule has 4 N–H and O–H groups in total. The number of ether oxygens (including phenoxy) is 1. The number of nitrogens with zero attached hydrogens (tertiary/aromatic N) is 1. The van der Waals surface area contributed by atoms with E-state index < -0.39 is 40.4 Å². The number of aliphatic imine (C=N–C) groups is 1. The summed E-state index contributed by atoms with van der Waals surface area (Å²) in [4.78, 5) is 56.4. The van der Waals surface area contributed by atoms with Gasteiger partial charge in [-0.3, -0.25) is 19.2 Å². The first kappa shape index (κ1) is 20.8. The number of amides is 1. The van der Waals surface area contributed by atoms with Crippen molar-refractivity contribution in [2.24, 2.45) is 10.7 Å². The molecule has 2 aliphatic carbocycles. The van der Waals surface area contributed by atoms with E-state index in [0.29, 0.717) is 11.4 Å². The van der Waals surface area contributed by atoms with Crippen molar-refractivity contribution in [1.29, 1.82) is 0 Å². The monoisotopic (exact) mass is 468 g/mol. The van der Waals surface area contributed by atoms with Crippen LogP contribution in [0.5, 0.6) is 17.2 Å². The summed E-state index contributed by atoms with van der Waals surface area (Å²) in [5, 5.41) is 21.1. The van der Waals surface area contributed by atoms with E-state index >= 15 is 0 Å². The Balaban J connectivity index is 1.64. The lowest BCUT2D eigenvalue weighted by molar-refractivity contribution is 0.0829. The predicted octanol–water partition coefficient (Wildman–Crippen LogP) is 2.83. The highest BCUT2D eigenvalue weighted by Crippen LogP contribution is 2.47. The van der Waals surface area contributed by atoms with Gasteiger partial charge in [-0.05, 0) is 37.3 Å². The van der Waals surface area contributed by atoms with Gasteiger partial charge >= 0.3 is 0 Å². The van der Waals surface area contributed by atoms with Gasteiger partial charge in [0.15, 0.2) is 17.2 Å². The van der Waals surface area contributed by atoms with Crippen molar-refractivity contribution >= 4 is 34.7 Å². The van der Waals surface area contributed by atoms with Crippen LogP contribution in [-0.4, -0.2) is 44.8 Å². The summed E-state index contributed by atoms with van der Waals surface area (Å²) in [7, 11) is 0. The Kier molecular flexibility index (Phi) is 3.94. The second-order valence-electron chi connectivity index (χ2n) is 8.87. The van der Waals surface area contributed by atoms with Crippen LogP contribution in [-0.2, 0) is 0 Å². The molecule has 0 radical (unpaired) electrons. The van der Waals surface area contributed by atoms with Crippen molar-refractivity contribution in [1.82, 2.24) is 0 Å². The van der Waals surface area contributed by atoms with Gasteiger partial charge in [-0.2, -0.15) is 0 Å². The highest BCUT2D eigenvalue weighted by atomic mass is 16.5. The minimum Gasteiger partial charge on any atom is -0.507 e. The zero-order valence-electron chi connectivity index (χ0n) is 18.2. The van der Waals surface area contributed by atoms with Crippen molar-refractivity contribution < 1.29 is 34.1 Å². The number of hydrogen-bond donors (Lipinski definition) is 3. The Morgan fingerprint density at radius 2 is 1.71 bits per heavy atom. The number of ketones is 3. The summed E-state index contributed by atoms with van der Waals surface area (Å²) in [6, 6.07) is 9.77. The highest BCUT2D eigenvalue weighted by Gasteiger charge is 2.49. The topological polar surface area (TPSA) is 156 Å². The summed E-state index contributed by atoms with van der Waals surface area (Å²) in [6.07, 6.45) is -0.179. The second kappa shape index (κ2) is 6.63. The first-order valence-electron chi connectivity index (χ1n) is 10.7. The van der Waals surface area contributed by atoms with Crippen molar-refractivity contribution in [3.63, 3.8) is 0 Å². The summed E-state index contributed by atoms with van der Waals surface area (Å²) in [5.74, 6) is -3.11. The van der Waals surface area contributed by atoms with Gasteiger partial charge in [0, 0.05) is 27.8 Å². The first-order chi connectivity index (χ1) is 16.6. The van der Waals surface area contributed by atoms with Gasteiger partial charge in [0.05, 0.1) is 23.3 Å². The molecule has 6 rings (SSSR count). The number of Topliss-reactive ketones (excluding diaryl/α,β-unsaturated/α-hetero) is 1. The van der Waals surface area contributed by atoms with Crippen LogP contribution in [0.2, 0.25) is 0 Å². The fourth-order valence-corrected chi connectivity index (χ4v) is 5.06. The third-order valence-electron chi connectivity index (χ3n) is 6.62. The van der Waals surface area contributed by atoms with Crippen LogP contribution in [0.15, 0.2) is 47.5 Å². The molecule has 3 aromatic carbocycles. The molecule has 0 spiro atoms. The number of phenolic OH excluding ortho intramolecular Hbond substituents is 2. The fourth-order valence-electron chi connectivity index (χ4n) is 5.06. The largest absolute Gasteiger partial charge is 0.507 e. The van der Waals surface area contributed by atoms with Gasteiger partial charge in [0.25, 0.3) is 0 Å². The van der Waals surface area contributed by atoms with Gasteiger partial charge in [-0.25, -0.2) is 4.99 Å². The lowest BCUT2D eigenvalue weighted by Crippen LogP contribution is -2.49. The van der Waals surface area contributed by atoms with Crippen LogP contribution < -0.4 is 10.5 Å². The van der Waals surface area contributed by atoms with Crippen molar-refractivity contribution in [2.45, 2.75) is 18.9 Å². The Labute approximate surface area is 197 Å². The number of hydrogen-bond acceptors (Lipinski definition) is 8. The highest BCUT2D eigenvalue weighted by molar-refractivity contribution is 6.35. The van der Waals surface area contributed by atoms with Crippen molar-refractivity contribution in [2.75, 3.05) is 0 Å². The molecule has 1 unspecified atom stereocenters. The number of nitrogens with two attached hydrogens (primary N) is 1. The number of benzene rings is 3. The van der Waals surface area contributed by atoms with Gasteiger partial charge < -0.3 is 20.7 Å². The Bertz CT molecular complexity index is 1620. The maximum atomic E-state index is 13.5. The minimum absolute atomic E-state index is 0.0422. The zero-order valence-corrected chi connectivity index (χ0v) is 18.2. The smallest absolute Gasteiger partial charge is 0.248 e. The average Bonchev–Trinajstić information content (AvgIpc) is 2.80. The van der Waals surface area contributed by atoms with E-state index in [1.165, 1.54) is 42.5 Å². The number of aromatic hydroxyl groups is 2. The molecule has 9 nitrogen and oxygen atoms in total. The molecule has 0 fully saturated rings. The van der Waals surface area contributed by atoms with Crippen LogP contribution in [0.3, 0.4) is 0 Å². The summed E-state index contributed by atoms with van der Waals surface area (Å²) in [6.45, 7) is 1.66. The molecule has 0 saturated carbocycles. The fraction of sp³-hybridized carbons (Fsp3) is 0.115. The molecule has 9 heteroatoms. The van der Waals surface area contributed by atoms with E-state index in [1.54, 1.807) is 6.92 Å². The molecule has 0 aromatic heterocycles. The quantitative estimate of drug-likeness (QED) is 0.388. The first-order valence-corrected chi connectivity index (χ1v) is 10.7. The molecule has 1 amide bonds. The van der Waals surface area contributed by atoms with Crippen LogP contribution in [0.1, 0.15) is 71.5 Å². The number of primary amides is 1. The van der Waals surface area contributed by atoms with Crippen molar-refractivity contribution in [3.05, 3.63) is 81.4 Å². The molecule has 3 aromatic rings. The van der Waals surface area contributed by atoms with Crippen LogP contribution >= 0.6 is 0 Å². The van der Waals surface area contributed by atoms with E-state index in [2.05, 4.69) is 4.99 Å². The molecular formula is C26H16N2O7. The number of carbonyl (C=O) groups is 4. The van der Waals surface area contributed by atoms with Gasteiger partial charge in [-0.1, -0.05) is 12.1 Å². The minimum atomic E-state index is -1.22. The number of carbonyl (C=O) groups excluding carboxylic acids is 4. The number of phenols is 2. The molecule has 0 saturated heterocycles. The predicted molar refractivity (Wildman–Crippen MR) is 122 cm³/mol. The molecule has 1 aliphatic heterocycles. The third-order valence-corrected chi connectivity index (χ3v) is 6.62. The average molecular weight is 468 g/mol. The van der Waals surface area contributed by atoms with E-state index in [9.17, 15) is 29.4 Å². The normalized spacial score (nSPS) is 19.5. The Hall–Kier alpha value is -4.79. The Morgan fingerprint density at radius 3 is 2.46 bits per heavy atom. The van der Waals surface area contributed by atoms with E-state index in [-0.39, 0.29) is 51.1 Å². The van der Waals surface area contributed by atoms with Crippen molar-refractivity contribution in [3.8, 4) is 17.2 Å². The maximum absolute atomic E-state index is 13.5. The zero-order chi connectivity index (χ0) is 24.8. The number of rotatable bonds is 1. The van der Waals surface area contributed by atoms with E-state index in [0.717, 1.165) is 0 Å². The summed E-state index contributed by atoms with van der Waals surface area (Å²) in [5.41, 5.74) is 4.19. The molecule has 1 atom stereocenters. The summed E-state index contributed by atoms with van der Waals surface area (Å²) >= 11 is 0. The molecule has 1 heterocycles. The molecule has 172 valence electrons. The Morgan fingerprint density at radius 1 is 0.943 bits per heavy atom. The van der Waals surface area contributed by atoms with Gasteiger partial charge in [0.1, 0.15) is 22.9 Å². The van der Waals surface area contributed by atoms with Crippen LogP contribution in [0.4, 0.5) is 5.69 Å². The lowest BCUT2D eigenvalue weighted by atomic mass is 9.71. The summed E-state index contributed by atoms with van der Waals surface area (Å²) < 4.78 is 6.12. The lowest BCUT2D eigenvalue weighted by Gasteiger charge is -2.40. The SMILES string of the molecule is CC12CC(=O)c3c(cc(O)c4c3C(=O)c3cccc(O)c3C4=O)C1=Nc1cc(C(N)=O)ccc1O2. The third kappa shape index (κ3) is 2.66. The molecule has 0 bridgehead atoms. The molecular weight excluding hydrogens is 452 g/mol. The standard InChI is InChI=1S/C26H16N2O7/c1-26-9-16(31)18-12(24(26)28-13-7-10(25(27)34)5-6-17(13)35-26)8-15(30)20-21(18)22(32)11-3-2-4-14(29)19(11)23(20)33/h2-8,29-30H,9H2,1H3,(H2,27,34). The van der Waals surface area contributed by atoms with Gasteiger partial charge in [-0.15, -0.1) is 0 Å². The van der Waals surface area contributed by atoms with Gasteiger partial charge in [0.2, 0.25) is 11.7 Å². The van der Waals surface area contributed by atoms with Crippen LogP contribution in [0, 0.1) is 0 Å². The van der Waals surface area contributed by atoms with E-state index in [1.807, 2.05) is 0 Å². The van der Waals surface area contributed by atoms with E-state index in [4.69, 9.17) is 10.5 Å². The maximum Gasteiger partial charge on any atom is 0.248 e.